The molecule has 0 fully saturated rings. The summed E-state index contributed by atoms with van der Waals surface area (Å²) in [4.78, 5) is 22.8. The van der Waals surface area contributed by atoms with Crippen LogP contribution in [0.25, 0.3) is 0 Å². The third-order valence-corrected chi connectivity index (χ3v) is 3.00. The van der Waals surface area contributed by atoms with Gasteiger partial charge in [-0.3, -0.25) is 9.59 Å². The summed E-state index contributed by atoms with van der Waals surface area (Å²) in [5.74, 6) is 0.906. The van der Waals surface area contributed by atoms with Gasteiger partial charge in [0.1, 0.15) is 5.75 Å². The maximum atomic E-state index is 11.6. The first-order valence-electron chi connectivity index (χ1n) is 6.27. The number of rotatable bonds is 5. The van der Waals surface area contributed by atoms with E-state index in [1.807, 2.05) is 25.1 Å². The molecule has 96 valence electrons. The van der Waals surface area contributed by atoms with Crippen LogP contribution in [0.1, 0.15) is 35.7 Å². The molecule has 1 aliphatic carbocycles. The molecule has 18 heavy (non-hydrogen) atoms. The number of carbonyl (C=O) groups excluding carboxylic acids is 2. The van der Waals surface area contributed by atoms with Gasteiger partial charge in [0.15, 0.2) is 5.78 Å². The molecule has 0 atom stereocenters. The molecule has 4 heteroatoms. The van der Waals surface area contributed by atoms with Crippen LogP contribution in [0.2, 0.25) is 0 Å². The standard InChI is InChI=1S/C14H17NO3/c1-2-15-14(17)8-9-18-13-5-3-4-10-11(13)6-7-12(10)16/h3-5H,2,6-9H2,1H3,(H,15,17). The summed E-state index contributed by atoms with van der Waals surface area (Å²) < 4.78 is 5.60. The number of nitrogens with one attached hydrogen (secondary N) is 1. The highest BCUT2D eigenvalue weighted by atomic mass is 16.5. The number of hydrogen-bond acceptors (Lipinski definition) is 3. The Morgan fingerprint density at radius 1 is 1.39 bits per heavy atom. The number of amides is 1. The zero-order chi connectivity index (χ0) is 13.0. The van der Waals surface area contributed by atoms with Crippen molar-refractivity contribution in [3.05, 3.63) is 29.3 Å². The second kappa shape index (κ2) is 5.67. The number of ketones is 1. The molecule has 0 radical (unpaired) electrons. The molecular weight excluding hydrogens is 230 g/mol. The third kappa shape index (κ3) is 2.70. The van der Waals surface area contributed by atoms with Crippen molar-refractivity contribution in [2.24, 2.45) is 0 Å². The van der Waals surface area contributed by atoms with Gasteiger partial charge >= 0.3 is 0 Å². The Morgan fingerprint density at radius 3 is 3.00 bits per heavy atom. The molecule has 1 aromatic carbocycles. The highest BCUT2D eigenvalue weighted by Gasteiger charge is 2.22. The summed E-state index contributed by atoms with van der Waals surface area (Å²) in [6.45, 7) is 2.86. The van der Waals surface area contributed by atoms with Gasteiger partial charge < -0.3 is 10.1 Å². The minimum atomic E-state index is -0.0128. The van der Waals surface area contributed by atoms with Crippen LogP contribution in [-0.2, 0) is 11.2 Å². The average Bonchev–Trinajstić information content (AvgIpc) is 2.73. The van der Waals surface area contributed by atoms with Gasteiger partial charge in [0.25, 0.3) is 0 Å². The molecule has 1 amide bonds. The van der Waals surface area contributed by atoms with Crippen LogP contribution in [0.4, 0.5) is 0 Å². The molecule has 2 rings (SSSR count). The second-order valence-corrected chi connectivity index (χ2v) is 4.26. The maximum absolute atomic E-state index is 11.6. The zero-order valence-electron chi connectivity index (χ0n) is 10.5. The van der Waals surface area contributed by atoms with E-state index in [-0.39, 0.29) is 11.7 Å². The van der Waals surface area contributed by atoms with E-state index in [9.17, 15) is 9.59 Å². The number of fused-ring (bicyclic) bond motifs is 1. The zero-order valence-corrected chi connectivity index (χ0v) is 10.5. The molecule has 0 aromatic heterocycles. The normalized spacial score (nSPS) is 13.3. The predicted octanol–water partition coefficient (Wildman–Crippen LogP) is 1.72. The van der Waals surface area contributed by atoms with Crippen LogP contribution >= 0.6 is 0 Å². The molecule has 0 spiro atoms. The Labute approximate surface area is 106 Å². The molecule has 0 unspecified atom stereocenters. The van der Waals surface area contributed by atoms with E-state index in [0.717, 1.165) is 23.3 Å². The van der Waals surface area contributed by atoms with Crippen LogP contribution in [0, 0.1) is 0 Å². The lowest BCUT2D eigenvalue weighted by Gasteiger charge is -2.10. The van der Waals surface area contributed by atoms with E-state index < -0.39 is 0 Å². The Kier molecular flexibility index (Phi) is 3.97. The van der Waals surface area contributed by atoms with Crippen LogP contribution < -0.4 is 10.1 Å². The van der Waals surface area contributed by atoms with Gasteiger partial charge in [-0.1, -0.05) is 12.1 Å². The summed E-state index contributed by atoms with van der Waals surface area (Å²) in [6, 6.07) is 5.51. The first-order chi connectivity index (χ1) is 8.72. The Morgan fingerprint density at radius 2 is 2.22 bits per heavy atom. The largest absolute Gasteiger partial charge is 0.493 e. The third-order valence-electron chi connectivity index (χ3n) is 3.00. The smallest absolute Gasteiger partial charge is 0.223 e. The SMILES string of the molecule is CCNC(=O)CCOc1cccc2c1CCC2=O. The van der Waals surface area contributed by atoms with Gasteiger partial charge in [-0.25, -0.2) is 0 Å². The highest BCUT2D eigenvalue weighted by Crippen LogP contribution is 2.30. The van der Waals surface area contributed by atoms with Crippen molar-refractivity contribution in [1.82, 2.24) is 5.32 Å². The van der Waals surface area contributed by atoms with Crippen molar-refractivity contribution in [3.8, 4) is 5.75 Å². The van der Waals surface area contributed by atoms with Crippen molar-refractivity contribution in [3.63, 3.8) is 0 Å². The Bertz CT molecular complexity index is 468. The minimum absolute atomic E-state index is 0.0128. The number of hydrogen-bond donors (Lipinski definition) is 1. The molecule has 0 bridgehead atoms. The molecule has 1 aliphatic rings. The molecule has 1 N–H and O–H groups in total. The number of benzene rings is 1. The van der Waals surface area contributed by atoms with Crippen molar-refractivity contribution in [1.29, 1.82) is 0 Å². The van der Waals surface area contributed by atoms with E-state index in [1.165, 1.54) is 0 Å². The van der Waals surface area contributed by atoms with E-state index in [1.54, 1.807) is 0 Å². The van der Waals surface area contributed by atoms with E-state index in [2.05, 4.69) is 5.32 Å². The van der Waals surface area contributed by atoms with E-state index in [4.69, 9.17) is 4.74 Å². The molecule has 0 saturated heterocycles. The number of carbonyl (C=O) groups is 2. The fourth-order valence-corrected chi connectivity index (χ4v) is 2.13. The lowest BCUT2D eigenvalue weighted by atomic mass is 10.1. The first-order valence-corrected chi connectivity index (χ1v) is 6.27. The Balaban J connectivity index is 1.95. The summed E-state index contributed by atoms with van der Waals surface area (Å²) in [6.07, 6.45) is 1.64. The van der Waals surface area contributed by atoms with Gasteiger partial charge in [0.05, 0.1) is 13.0 Å². The van der Waals surface area contributed by atoms with Gasteiger partial charge in [-0.2, -0.15) is 0 Å². The van der Waals surface area contributed by atoms with Crippen molar-refractivity contribution in [2.45, 2.75) is 26.2 Å². The highest BCUT2D eigenvalue weighted by molar-refractivity contribution is 6.01. The van der Waals surface area contributed by atoms with Gasteiger partial charge in [0, 0.05) is 24.1 Å². The van der Waals surface area contributed by atoms with Crippen LogP contribution in [0.5, 0.6) is 5.75 Å². The summed E-state index contributed by atoms with van der Waals surface area (Å²) >= 11 is 0. The Hall–Kier alpha value is -1.84. The molecule has 1 aromatic rings. The molecule has 4 nitrogen and oxygen atoms in total. The fraction of sp³-hybridized carbons (Fsp3) is 0.429. The maximum Gasteiger partial charge on any atom is 0.223 e. The van der Waals surface area contributed by atoms with Crippen LogP contribution in [0.15, 0.2) is 18.2 Å². The van der Waals surface area contributed by atoms with Gasteiger partial charge in [-0.15, -0.1) is 0 Å². The first kappa shape index (κ1) is 12.6. The molecule has 0 heterocycles. The topological polar surface area (TPSA) is 55.4 Å². The van der Waals surface area contributed by atoms with Crippen LogP contribution in [-0.4, -0.2) is 24.8 Å². The van der Waals surface area contributed by atoms with E-state index in [0.29, 0.717) is 26.0 Å². The lowest BCUT2D eigenvalue weighted by molar-refractivity contribution is -0.121. The summed E-state index contributed by atoms with van der Waals surface area (Å²) in [7, 11) is 0. The summed E-state index contributed by atoms with van der Waals surface area (Å²) in [5, 5.41) is 2.72. The van der Waals surface area contributed by atoms with Crippen LogP contribution in [0.3, 0.4) is 0 Å². The average molecular weight is 247 g/mol. The fourth-order valence-electron chi connectivity index (χ4n) is 2.13. The second-order valence-electron chi connectivity index (χ2n) is 4.26. The van der Waals surface area contributed by atoms with Crippen molar-refractivity contribution < 1.29 is 14.3 Å². The van der Waals surface area contributed by atoms with E-state index >= 15 is 0 Å². The molecule has 0 aliphatic heterocycles. The van der Waals surface area contributed by atoms with Gasteiger partial charge in [0.2, 0.25) is 5.91 Å². The predicted molar refractivity (Wildman–Crippen MR) is 67.9 cm³/mol. The number of ether oxygens (including phenoxy) is 1. The quantitative estimate of drug-likeness (QED) is 0.862. The minimum Gasteiger partial charge on any atom is -0.493 e. The van der Waals surface area contributed by atoms with Crippen molar-refractivity contribution in [2.75, 3.05) is 13.2 Å². The van der Waals surface area contributed by atoms with Gasteiger partial charge in [-0.05, 0) is 19.4 Å². The monoisotopic (exact) mass is 247 g/mol. The number of Topliss-reactive ketones (excluding diaryl/α,β-unsaturated/α-hetero) is 1. The molecule has 0 saturated carbocycles. The summed E-state index contributed by atoms with van der Waals surface area (Å²) in [5.41, 5.74) is 1.75. The lowest BCUT2D eigenvalue weighted by Crippen LogP contribution is -2.24. The molecular formula is C14H17NO3. The van der Waals surface area contributed by atoms with Crippen molar-refractivity contribution >= 4 is 11.7 Å².